The number of hydrogen-bond donors (Lipinski definition) is 0. The number of rotatable bonds is 3. The molecule has 0 amide bonds. The monoisotopic (exact) mass is 744 g/mol. The quantitative estimate of drug-likeness (QED) is 0.158. The van der Waals surface area contributed by atoms with E-state index in [1.54, 1.807) is 0 Å². The predicted octanol–water partition coefficient (Wildman–Crippen LogP) is 15.6. The van der Waals surface area contributed by atoms with Gasteiger partial charge in [-0.05, 0) is 139 Å². The van der Waals surface area contributed by atoms with E-state index < -0.39 is 5.41 Å². The van der Waals surface area contributed by atoms with Crippen molar-refractivity contribution in [1.82, 2.24) is 0 Å². The van der Waals surface area contributed by atoms with E-state index in [0.717, 1.165) is 0 Å². The van der Waals surface area contributed by atoms with Gasteiger partial charge in [-0.15, -0.1) is 0 Å². The van der Waals surface area contributed by atoms with E-state index in [0.29, 0.717) is 0 Å². The Morgan fingerprint density at radius 2 is 0.712 bits per heavy atom. The molecule has 0 atom stereocenters. The minimum atomic E-state index is -0.414. The van der Waals surface area contributed by atoms with Crippen molar-refractivity contribution in [3.63, 3.8) is 0 Å². The van der Waals surface area contributed by atoms with E-state index in [-0.39, 0.29) is 0 Å². The van der Waals surface area contributed by atoms with Crippen LogP contribution in [0.2, 0.25) is 0 Å². The molecule has 0 saturated heterocycles. The summed E-state index contributed by atoms with van der Waals surface area (Å²) in [6, 6.07) is 81.8. The summed E-state index contributed by atoms with van der Waals surface area (Å²) in [7, 11) is 0. The van der Waals surface area contributed by atoms with Gasteiger partial charge in [-0.1, -0.05) is 200 Å². The fourth-order valence-corrected chi connectivity index (χ4v) is 11.0. The van der Waals surface area contributed by atoms with Crippen LogP contribution < -0.4 is 0 Å². The van der Waals surface area contributed by atoms with Crippen molar-refractivity contribution >= 4 is 43.1 Å². The highest BCUT2D eigenvalue weighted by Crippen LogP contribution is 2.64. The van der Waals surface area contributed by atoms with Gasteiger partial charge in [0.05, 0.1) is 5.41 Å². The lowest BCUT2D eigenvalue weighted by molar-refractivity contribution is 0.795. The maximum Gasteiger partial charge on any atom is 0.0725 e. The summed E-state index contributed by atoms with van der Waals surface area (Å²) in [6.07, 6.45) is 0. The van der Waals surface area contributed by atoms with E-state index in [1.807, 2.05) is 0 Å². The number of hydrogen-bond acceptors (Lipinski definition) is 0. The van der Waals surface area contributed by atoms with Gasteiger partial charge in [0.1, 0.15) is 0 Å². The Bertz CT molecular complexity index is 3430. The molecule has 0 heterocycles. The van der Waals surface area contributed by atoms with Gasteiger partial charge in [0, 0.05) is 0 Å². The number of fused-ring (bicyclic) bond motifs is 15. The van der Waals surface area contributed by atoms with E-state index >= 15 is 0 Å². The molecule has 0 N–H and O–H groups in total. The van der Waals surface area contributed by atoms with Crippen LogP contribution in [-0.2, 0) is 5.41 Å². The molecule has 0 aliphatic heterocycles. The SMILES string of the molecule is c1ccc(-c2ccc(-c3c4ccccc4c(-c4ccc5cc6c(cc5c4)C4(c5ccccc5-c5ccccc54)c4ccc5ccccc5c4-6)c4ccccc34)cc2)cc1. The molecule has 2 aliphatic rings. The summed E-state index contributed by atoms with van der Waals surface area (Å²) >= 11 is 0. The van der Waals surface area contributed by atoms with Crippen LogP contribution in [0, 0.1) is 0 Å². The van der Waals surface area contributed by atoms with Crippen molar-refractivity contribution in [3.05, 3.63) is 241 Å². The second kappa shape index (κ2) is 12.2. The zero-order chi connectivity index (χ0) is 38.7. The molecule has 0 fully saturated rings. The normalized spacial score (nSPS) is 13.2. The van der Waals surface area contributed by atoms with E-state index in [9.17, 15) is 0 Å². The first-order valence-electron chi connectivity index (χ1n) is 20.7. The van der Waals surface area contributed by atoms with Crippen LogP contribution in [-0.4, -0.2) is 0 Å². The first-order valence-corrected chi connectivity index (χ1v) is 20.7. The molecular weight excluding hydrogens is 709 g/mol. The zero-order valence-corrected chi connectivity index (χ0v) is 32.3. The Balaban J connectivity index is 1.06. The Morgan fingerprint density at radius 3 is 1.37 bits per heavy atom. The van der Waals surface area contributed by atoms with Crippen molar-refractivity contribution in [2.75, 3.05) is 0 Å². The van der Waals surface area contributed by atoms with Crippen LogP contribution >= 0.6 is 0 Å². The van der Waals surface area contributed by atoms with Crippen LogP contribution in [0.4, 0.5) is 0 Å². The van der Waals surface area contributed by atoms with Gasteiger partial charge in [0.25, 0.3) is 0 Å². The van der Waals surface area contributed by atoms with Crippen molar-refractivity contribution in [3.8, 4) is 55.6 Å². The summed E-state index contributed by atoms with van der Waals surface area (Å²) in [6.45, 7) is 0. The third-order valence-electron chi connectivity index (χ3n) is 13.4. The lowest BCUT2D eigenvalue weighted by Crippen LogP contribution is -2.25. The first kappa shape index (κ1) is 32.5. The zero-order valence-electron chi connectivity index (χ0n) is 32.3. The second-order valence-corrected chi connectivity index (χ2v) is 16.3. The Hall–Kier alpha value is -7.54. The maximum absolute atomic E-state index is 2.54. The smallest absolute Gasteiger partial charge is 0.0622 e. The summed E-state index contributed by atoms with van der Waals surface area (Å²) in [4.78, 5) is 0. The standard InChI is InChI=1S/C59H36/c1-2-14-37(15-3-1)38-26-28-40(29-27-38)56-47-20-6-8-22-49(47)57(50-23-9-7-21-48(50)56)42-31-30-41-35-51-55(36-43(41)34-42)59(54-33-32-39-16-4-5-17-44(39)58(51)54)52-24-12-10-18-45(52)46-19-11-13-25-53(46)59/h1-36H. The third kappa shape index (κ3) is 4.43. The van der Waals surface area contributed by atoms with Crippen molar-refractivity contribution < 1.29 is 0 Å². The fraction of sp³-hybridized carbons (Fsp3) is 0.0169. The highest BCUT2D eigenvalue weighted by atomic mass is 14.5. The minimum absolute atomic E-state index is 0.414. The summed E-state index contributed by atoms with van der Waals surface area (Å²) in [5, 5.41) is 10.2. The van der Waals surface area contributed by atoms with Crippen molar-refractivity contribution in [1.29, 1.82) is 0 Å². The highest BCUT2D eigenvalue weighted by Gasteiger charge is 2.52. The molecule has 0 radical (unpaired) electrons. The van der Waals surface area contributed by atoms with Crippen LogP contribution in [0.3, 0.4) is 0 Å². The van der Waals surface area contributed by atoms with Gasteiger partial charge < -0.3 is 0 Å². The Kier molecular flexibility index (Phi) is 6.74. The molecule has 1 spiro atoms. The van der Waals surface area contributed by atoms with Crippen LogP contribution in [0.5, 0.6) is 0 Å². The van der Waals surface area contributed by atoms with Gasteiger partial charge >= 0.3 is 0 Å². The van der Waals surface area contributed by atoms with Crippen LogP contribution in [0.25, 0.3) is 98.7 Å². The summed E-state index contributed by atoms with van der Waals surface area (Å²) in [5.41, 5.74) is 17.9. The average molecular weight is 745 g/mol. The predicted molar refractivity (Wildman–Crippen MR) is 249 cm³/mol. The number of benzene rings is 11. The molecule has 59 heavy (non-hydrogen) atoms. The average Bonchev–Trinajstić information content (AvgIpc) is 3.77. The van der Waals surface area contributed by atoms with Crippen LogP contribution in [0.1, 0.15) is 22.3 Å². The first-order chi connectivity index (χ1) is 29.3. The molecule has 272 valence electrons. The van der Waals surface area contributed by atoms with Gasteiger partial charge in [-0.3, -0.25) is 0 Å². The van der Waals surface area contributed by atoms with Gasteiger partial charge in [-0.25, -0.2) is 0 Å². The lowest BCUT2D eigenvalue weighted by Gasteiger charge is -2.30. The van der Waals surface area contributed by atoms with E-state index in [1.165, 1.54) is 121 Å². The molecule has 0 heteroatoms. The van der Waals surface area contributed by atoms with Gasteiger partial charge in [-0.2, -0.15) is 0 Å². The molecule has 0 nitrogen and oxygen atoms in total. The minimum Gasteiger partial charge on any atom is -0.0622 e. The summed E-state index contributed by atoms with van der Waals surface area (Å²) in [5.74, 6) is 0. The maximum atomic E-state index is 2.54. The van der Waals surface area contributed by atoms with Crippen molar-refractivity contribution in [2.45, 2.75) is 5.41 Å². The molecule has 0 saturated carbocycles. The van der Waals surface area contributed by atoms with Gasteiger partial charge in [0.15, 0.2) is 0 Å². The Morgan fingerprint density at radius 1 is 0.220 bits per heavy atom. The van der Waals surface area contributed by atoms with Crippen molar-refractivity contribution in [2.24, 2.45) is 0 Å². The molecule has 0 bridgehead atoms. The molecule has 0 unspecified atom stereocenters. The molecule has 11 aromatic carbocycles. The molecule has 11 aromatic rings. The summed E-state index contributed by atoms with van der Waals surface area (Å²) < 4.78 is 0. The largest absolute Gasteiger partial charge is 0.0725 e. The highest BCUT2D eigenvalue weighted by molar-refractivity contribution is 6.22. The Labute approximate surface area is 343 Å². The topological polar surface area (TPSA) is 0 Å². The second-order valence-electron chi connectivity index (χ2n) is 16.3. The molecule has 0 aromatic heterocycles. The van der Waals surface area contributed by atoms with Crippen LogP contribution in [0.15, 0.2) is 218 Å². The van der Waals surface area contributed by atoms with Gasteiger partial charge in [0.2, 0.25) is 0 Å². The fourth-order valence-electron chi connectivity index (χ4n) is 11.0. The molecule has 2 aliphatic carbocycles. The lowest BCUT2D eigenvalue weighted by atomic mass is 9.70. The molecular formula is C59H36. The van der Waals surface area contributed by atoms with E-state index in [2.05, 4.69) is 218 Å². The molecule has 13 rings (SSSR count). The van der Waals surface area contributed by atoms with E-state index in [4.69, 9.17) is 0 Å². The third-order valence-corrected chi connectivity index (χ3v) is 13.4.